The zero-order valence-electron chi connectivity index (χ0n) is 13.8. The summed E-state index contributed by atoms with van der Waals surface area (Å²) >= 11 is 0. The summed E-state index contributed by atoms with van der Waals surface area (Å²) in [5.74, 6) is 0. The molecule has 5 nitrogen and oxygen atoms in total. The summed E-state index contributed by atoms with van der Waals surface area (Å²) in [6.07, 6.45) is 0. The number of nitrogens with two attached hydrogens (primary N) is 2. The topological polar surface area (TPSA) is 106 Å². The Morgan fingerprint density at radius 3 is 1.81 bits per heavy atom. The molecular weight excluding hydrogens is 348 g/mol. The highest BCUT2D eigenvalue weighted by Crippen LogP contribution is 2.27. The third-order valence-corrected chi connectivity index (χ3v) is 4.93. The van der Waals surface area contributed by atoms with Gasteiger partial charge in [-0.15, -0.1) is 0 Å². The minimum Gasteiger partial charge on any atom is -0.398 e. The molecule has 4 rings (SSSR count). The maximum absolute atomic E-state index is 11.1. The van der Waals surface area contributed by atoms with E-state index >= 15 is 0 Å². The molecule has 26 heavy (non-hydrogen) atoms. The van der Waals surface area contributed by atoms with Gasteiger partial charge in [0.2, 0.25) is 0 Å². The van der Waals surface area contributed by atoms with Crippen molar-refractivity contribution in [1.82, 2.24) is 0 Å². The van der Waals surface area contributed by atoms with Gasteiger partial charge in [0.15, 0.2) is 0 Å². The van der Waals surface area contributed by atoms with E-state index in [1.807, 2.05) is 30.3 Å². The van der Waals surface area contributed by atoms with Gasteiger partial charge in [0.05, 0.1) is 0 Å². The van der Waals surface area contributed by atoms with Crippen molar-refractivity contribution in [3.8, 4) is 0 Å². The van der Waals surface area contributed by atoms with E-state index < -0.39 is 10.1 Å². The molecule has 0 fully saturated rings. The first kappa shape index (κ1) is 17.7. The monoisotopic (exact) mass is 366 g/mol. The average molecular weight is 366 g/mol. The van der Waals surface area contributed by atoms with Crippen molar-refractivity contribution in [3.05, 3.63) is 78.9 Å². The first-order chi connectivity index (χ1) is 12.4. The number of anilines is 2. The maximum atomic E-state index is 11.1. The molecule has 0 heterocycles. The van der Waals surface area contributed by atoms with Gasteiger partial charge in [0.25, 0.3) is 10.1 Å². The Morgan fingerprint density at radius 2 is 1.15 bits per heavy atom. The van der Waals surface area contributed by atoms with E-state index in [2.05, 4.69) is 12.1 Å². The quantitative estimate of drug-likeness (QED) is 0.347. The van der Waals surface area contributed by atoms with Gasteiger partial charge in [-0.3, -0.25) is 4.55 Å². The fraction of sp³-hybridized carbons (Fsp3) is 0. The third-order valence-electron chi connectivity index (χ3n) is 4.02. The van der Waals surface area contributed by atoms with Gasteiger partial charge in [-0.25, -0.2) is 0 Å². The third kappa shape index (κ3) is 3.61. The number of hydrogen-bond acceptors (Lipinski definition) is 4. The van der Waals surface area contributed by atoms with Crippen molar-refractivity contribution in [1.29, 1.82) is 0 Å². The van der Waals surface area contributed by atoms with Gasteiger partial charge in [-0.2, -0.15) is 8.42 Å². The smallest absolute Gasteiger partial charge is 0.295 e. The molecule has 0 aliphatic carbocycles. The van der Waals surface area contributed by atoms with Crippen molar-refractivity contribution in [3.63, 3.8) is 0 Å². The van der Waals surface area contributed by atoms with Crippen LogP contribution in [0.5, 0.6) is 0 Å². The van der Waals surface area contributed by atoms with Crippen LogP contribution in [-0.4, -0.2) is 13.0 Å². The van der Waals surface area contributed by atoms with Gasteiger partial charge < -0.3 is 11.5 Å². The molecule has 0 aromatic heterocycles. The molecular formula is C20H18N2O3S. The molecule has 0 aliphatic rings. The molecule has 0 atom stereocenters. The zero-order valence-corrected chi connectivity index (χ0v) is 14.6. The number of hydrogen-bond donors (Lipinski definition) is 3. The molecule has 4 aromatic rings. The number of nitrogen functional groups attached to an aromatic ring is 2. The van der Waals surface area contributed by atoms with Gasteiger partial charge >= 0.3 is 0 Å². The average Bonchev–Trinajstić information content (AvgIpc) is 2.62. The highest BCUT2D eigenvalue weighted by molar-refractivity contribution is 7.86. The van der Waals surface area contributed by atoms with Crippen molar-refractivity contribution in [2.24, 2.45) is 0 Å². The lowest BCUT2D eigenvalue weighted by Crippen LogP contribution is -2.00. The van der Waals surface area contributed by atoms with Crippen molar-refractivity contribution < 1.29 is 13.0 Å². The second-order valence-electron chi connectivity index (χ2n) is 5.74. The minimum absolute atomic E-state index is 0.118. The summed E-state index contributed by atoms with van der Waals surface area (Å²) < 4.78 is 31.2. The Bertz CT molecular complexity index is 1180. The van der Waals surface area contributed by atoms with Gasteiger partial charge in [0.1, 0.15) is 4.90 Å². The highest BCUT2D eigenvalue weighted by atomic mass is 32.2. The van der Waals surface area contributed by atoms with Gasteiger partial charge in [0, 0.05) is 27.5 Å². The molecule has 6 heteroatoms. The molecule has 0 radical (unpaired) electrons. The summed E-state index contributed by atoms with van der Waals surface area (Å²) in [5, 5.41) is 3.38. The minimum atomic E-state index is -4.20. The van der Waals surface area contributed by atoms with E-state index in [1.54, 1.807) is 24.3 Å². The lowest BCUT2D eigenvalue weighted by Gasteiger charge is -2.05. The molecule has 0 saturated heterocycles. The SMILES string of the molecule is Nc1ccc(S(=O)(=O)O)c2ccccc12.Nc1cccc2ccccc12. The van der Waals surface area contributed by atoms with Crippen LogP contribution in [0.4, 0.5) is 11.4 Å². The van der Waals surface area contributed by atoms with Crippen LogP contribution in [0.15, 0.2) is 83.8 Å². The first-order valence-corrected chi connectivity index (χ1v) is 9.30. The first-order valence-electron chi connectivity index (χ1n) is 7.86. The molecule has 0 unspecified atom stereocenters. The highest BCUT2D eigenvalue weighted by Gasteiger charge is 2.14. The summed E-state index contributed by atoms with van der Waals surface area (Å²) in [7, 11) is -4.20. The lowest BCUT2D eigenvalue weighted by atomic mass is 10.1. The Kier molecular flexibility index (Phi) is 4.79. The number of benzene rings is 4. The summed E-state index contributed by atoms with van der Waals surface area (Å²) in [6, 6.07) is 23.6. The molecule has 4 aromatic carbocycles. The molecule has 132 valence electrons. The Hall–Kier alpha value is -3.09. The lowest BCUT2D eigenvalue weighted by molar-refractivity contribution is 0.484. The van der Waals surface area contributed by atoms with E-state index in [4.69, 9.17) is 16.0 Å². The summed E-state index contributed by atoms with van der Waals surface area (Å²) in [6.45, 7) is 0. The standard InChI is InChI=1S/C10H9NO3S.C10H9N/c11-9-5-6-10(15(12,13)14)8-4-2-1-3-7(8)9;11-10-7-3-5-8-4-1-2-6-9(8)10/h1-6H,11H2,(H,12,13,14);1-7H,11H2. The number of fused-ring (bicyclic) bond motifs is 2. The maximum Gasteiger partial charge on any atom is 0.295 e. The van der Waals surface area contributed by atoms with Crippen LogP contribution in [0, 0.1) is 0 Å². The van der Waals surface area contributed by atoms with Crippen LogP contribution in [0.2, 0.25) is 0 Å². The van der Waals surface area contributed by atoms with E-state index in [9.17, 15) is 8.42 Å². The fourth-order valence-electron chi connectivity index (χ4n) is 2.77. The van der Waals surface area contributed by atoms with Crippen molar-refractivity contribution in [2.45, 2.75) is 4.90 Å². The molecule has 0 amide bonds. The molecule has 0 spiro atoms. The summed E-state index contributed by atoms with van der Waals surface area (Å²) in [5.41, 5.74) is 12.8. The molecule has 0 aliphatic heterocycles. The Labute approximate surface area is 151 Å². The molecule has 0 bridgehead atoms. The Balaban J connectivity index is 0.000000158. The van der Waals surface area contributed by atoms with E-state index in [-0.39, 0.29) is 4.90 Å². The van der Waals surface area contributed by atoms with Gasteiger partial charge in [-0.05, 0) is 23.6 Å². The van der Waals surface area contributed by atoms with E-state index in [0.29, 0.717) is 16.5 Å². The zero-order chi connectivity index (χ0) is 18.7. The van der Waals surface area contributed by atoms with E-state index in [0.717, 1.165) is 11.1 Å². The van der Waals surface area contributed by atoms with Crippen LogP contribution >= 0.6 is 0 Å². The van der Waals surface area contributed by atoms with Crippen LogP contribution in [-0.2, 0) is 10.1 Å². The van der Waals surface area contributed by atoms with Crippen molar-refractivity contribution >= 4 is 43.0 Å². The predicted molar refractivity (Wildman–Crippen MR) is 107 cm³/mol. The van der Waals surface area contributed by atoms with Crippen LogP contribution in [0.1, 0.15) is 0 Å². The van der Waals surface area contributed by atoms with E-state index in [1.165, 1.54) is 17.5 Å². The van der Waals surface area contributed by atoms with Crippen LogP contribution in [0.25, 0.3) is 21.5 Å². The van der Waals surface area contributed by atoms with Crippen LogP contribution < -0.4 is 11.5 Å². The Morgan fingerprint density at radius 1 is 0.615 bits per heavy atom. The second-order valence-corrected chi connectivity index (χ2v) is 7.13. The van der Waals surface area contributed by atoms with Gasteiger partial charge in [-0.1, -0.05) is 60.7 Å². The fourth-order valence-corrected chi connectivity index (χ4v) is 3.47. The largest absolute Gasteiger partial charge is 0.398 e. The van der Waals surface area contributed by atoms with Crippen molar-refractivity contribution in [2.75, 3.05) is 11.5 Å². The normalized spacial score (nSPS) is 11.1. The molecule has 5 N–H and O–H groups in total. The molecule has 0 saturated carbocycles. The van der Waals surface area contributed by atoms with Crippen LogP contribution in [0.3, 0.4) is 0 Å². The predicted octanol–water partition coefficient (Wildman–Crippen LogP) is 4.09. The second kappa shape index (κ2) is 7.03. The number of rotatable bonds is 1. The summed E-state index contributed by atoms with van der Waals surface area (Å²) in [4.78, 5) is -0.118.